The molecule has 8 nitrogen and oxygen atoms in total. The van der Waals surface area contributed by atoms with E-state index in [1.54, 1.807) is 0 Å². The Morgan fingerprint density at radius 3 is 0.650 bits per heavy atom. The highest BCUT2D eigenvalue weighted by atomic mass is 15.0. The third-order valence-electron chi connectivity index (χ3n) is 16.4. The molecule has 0 bridgehead atoms. The van der Waals surface area contributed by atoms with Crippen molar-refractivity contribution < 1.29 is 0 Å². The van der Waals surface area contributed by atoms with Crippen LogP contribution >= 0.6 is 0 Å². The van der Waals surface area contributed by atoms with Crippen molar-refractivity contribution in [3.63, 3.8) is 0 Å². The van der Waals surface area contributed by atoms with Gasteiger partial charge in [-0.25, -0.2) is 0 Å². The van der Waals surface area contributed by atoms with Crippen molar-refractivity contribution >= 4 is 87.2 Å². The van der Waals surface area contributed by atoms with Gasteiger partial charge in [0.1, 0.15) is 0 Å². The Kier molecular flexibility index (Phi) is 12.1. The highest BCUT2D eigenvalue weighted by molar-refractivity contribution is 6.13. The molecule has 10 aromatic carbocycles. The quantitative estimate of drug-likeness (QED) is 0.151. The molecule has 14 rings (SSSR count). The van der Waals surface area contributed by atoms with Gasteiger partial charge in [0.25, 0.3) is 0 Å². The average Bonchev–Trinajstić information content (AvgIpc) is 4.24. The number of hydrogen-bond donors (Lipinski definition) is 0. The van der Waals surface area contributed by atoms with Gasteiger partial charge in [0.2, 0.25) is 0 Å². The van der Waals surface area contributed by atoms with E-state index < -0.39 is 0 Å². The number of nitriles is 4. The summed E-state index contributed by atoms with van der Waals surface area (Å²) in [6.45, 7) is 12.1. The Bertz CT molecular complexity index is 4430. The Morgan fingerprint density at radius 1 is 0.250 bits per heavy atom. The van der Waals surface area contributed by atoms with Gasteiger partial charge < -0.3 is 18.3 Å². The maximum Gasteiger partial charge on any atom is 0.0998 e. The van der Waals surface area contributed by atoms with E-state index >= 15 is 0 Å². The van der Waals surface area contributed by atoms with Crippen LogP contribution in [0, 0.1) is 45.3 Å². The number of rotatable bonds is 8. The smallest absolute Gasteiger partial charge is 0.0998 e. The van der Waals surface area contributed by atoms with Crippen LogP contribution in [0.15, 0.2) is 194 Å². The number of hydrogen-bond acceptors (Lipinski definition) is 4. The van der Waals surface area contributed by atoms with E-state index in [4.69, 9.17) is 0 Å². The second-order valence-corrected chi connectivity index (χ2v) is 20.3. The Hall–Kier alpha value is -10.6. The van der Waals surface area contributed by atoms with Crippen molar-refractivity contribution in [2.45, 2.75) is 53.9 Å². The SMILES string of the molecule is CCn1c2ccccc2c2cc(-c3cc(C#N)c(-c4ccc5c(c4)c4ccccc4n5CC)cc3C#N)ccc21.CCn1c2ccccc2c2cc(-c3cc(C#N)c(-c4ccc5c(c4)c4ccccc4n5CC)cc3C#N)ccc21. The van der Waals surface area contributed by atoms with Gasteiger partial charge in [-0.2, -0.15) is 21.0 Å². The van der Waals surface area contributed by atoms with Crippen LogP contribution in [0.4, 0.5) is 0 Å². The molecule has 0 aliphatic heterocycles. The molecule has 380 valence electrons. The molecule has 14 aromatic rings. The van der Waals surface area contributed by atoms with Crippen molar-refractivity contribution in [3.05, 3.63) is 216 Å². The first-order chi connectivity index (χ1) is 39.3. The fourth-order valence-corrected chi connectivity index (χ4v) is 12.8. The minimum absolute atomic E-state index is 0.559. The molecule has 0 amide bonds. The van der Waals surface area contributed by atoms with Gasteiger partial charge in [-0.3, -0.25) is 0 Å². The van der Waals surface area contributed by atoms with E-state index in [1.165, 1.54) is 65.7 Å². The van der Waals surface area contributed by atoms with Crippen LogP contribution in [0.2, 0.25) is 0 Å². The molecule has 0 aliphatic carbocycles. The summed E-state index contributed by atoms with van der Waals surface area (Å²) in [4.78, 5) is 0. The number of nitrogens with zero attached hydrogens (tertiary/aromatic N) is 8. The first-order valence-electron chi connectivity index (χ1n) is 27.3. The van der Waals surface area contributed by atoms with Crippen molar-refractivity contribution in [2.24, 2.45) is 0 Å². The second-order valence-electron chi connectivity index (χ2n) is 20.3. The van der Waals surface area contributed by atoms with Gasteiger partial charge in [0, 0.05) is 136 Å². The van der Waals surface area contributed by atoms with E-state index in [2.05, 4.69) is 240 Å². The van der Waals surface area contributed by atoms with Gasteiger partial charge >= 0.3 is 0 Å². The molecule has 0 saturated heterocycles. The Balaban J connectivity index is 0.000000151. The first-order valence-corrected chi connectivity index (χ1v) is 27.3. The number of aromatic nitrogens is 4. The summed E-state index contributed by atoms with van der Waals surface area (Å²) in [7, 11) is 0. The monoisotopic (exact) mass is 1030 g/mol. The summed E-state index contributed by atoms with van der Waals surface area (Å²) in [6, 6.07) is 76.3. The van der Waals surface area contributed by atoms with Crippen LogP contribution in [0.3, 0.4) is 0 Å². The van der Waals surface area contributed by atoms with Crippen LogP contribution in [-0.2, 0) is 26.2 Å². The molecule has 4 aromatic heterocycles. The zero-order chi connectivity index (χ0) is 54.8. The zero-order valence-electron chi connectivity index (χ0n) is 44.9. The number of benzene rings is 10. The van der Waals surface area contributed by atoms with Gasteiger partial charge in [-0.15, -0.1) is 0 Å². The molecule has 0 radical (unpaired) electrons. The molecule has 0 aliphatic rings. The lowest BCUT2D eigenvalue weighted by Crippen LogP contribution is -1.94. The van der Waals surface area contributed by atoms with Crippen LogP contribution in [0.25, 0.3) is 132 Å². The third kappa shape index (κ3) is 7.62. The predicted molar refractivity (Wildman–Crippen MR) is 328 cm³/mol. The summed E-state index contributed by atoms with van der Waals surface area (Å²) in [6.07, 6.45) is 0. The van der Waals surface area contributed by atoms with Crippen LogP contribution in [0.1, 0.15) is 49.9 Å². The molecule has 0 saturated carbocycles. The van der Waals surface area contributed by atoms with E-state index in [1.807, 2.05) is 24.3 Å². The molecular weight excluding hydrogens is 977 g/mol. The maximum atomic E-state index is 10.2. The fraction of sp³-hybridized carbons (Fsp3) is 0.111. The summed E-state index contributed by atoms with van der Waals surface area (Å²) in [5, 5.41) is 50.4. The lowest BCUT2D eigenvalue weighted by molar-refractivity contribution is 0.827. The molecule has 0 fully saturated rings. The summed E-state index contributed by atoms with van der Waals surface area (Å²) < 4.78 is 9.26. The zero-order valence-corrected chi connectivity index (χ0v) is 44.9. The minimum Gasteiger partial charge on any atom is -0.341 e. The minimum atomic E-state index is 0.559. The molecule has 8 heteroatoms. The van der Waals surface area contributed by atoms with E-state index in [9.17, 15) is 21.0 Å². The summed E-state index contributed by atoms with van der Waals surface area (Å²) in [5.41, 5.74) is 18.6. The van der Waals surface area contributed by atoms with Gasteiger partial charge in [-0.1, -0.05) is 97.1 Å². The lowest BCUT2D eigenvalue weighted by Gasteiger charge is -2.12. The van der Waals surface area contributed by atoms with Crippen LogP contribution < -0.4 is 0 Å². The maximum absolute atomic E-state index is 10.2. The predicted octanol–water partition coefficient (Wildman–Crippen LogP) is 18.0. The number of para-hydroxylation sites is 4. The van der Waals surface area contributed by atoms with Crippen LogP contribution in [-0.4, -0.2) is 18.3 Å². The average molecular weight is 1030 g/mol. The van der Waals surface area contributed by atoms with Gasteiger partial charge in [-0.05, 0) is 147 Å². The Morgan fingerprint density at radius 2 is 0.450 bits per heavy atom. The molecule has 0 atom stereocenters. The first kappa shape index (κ1) is 49.0. The summed E-state index contributed by atoms with van der Waals surface area (Å²) in [5.74, 6) is 0. The normalized spacial score (nSPS) is 11.4. The van der Waals surface area contributed by atoms with E-state index in [-0.39, 0.29) is 0 Å². The van der Waals surface area contributed by atoms with E-state index in [0.29, 0.717) is 22.3 Å². The molecule has 0 spiro atoms. The van der Waals surface area contributed by atoms with Gasteiger partial charge in [0.05, 0.1) is 46.5 Å². The Labute approximate surface area is 463 Å². The topological polar surface area (TPSA) is 115 Å². The summed E-state index contributed by atoms with van der Waals surface area (Å²) >= 11 is 0. The van der Waals surface area contributed by atoms with Crippen molar-refractivity contribution in [1.29, 1.82) is 21.0 Å². The van der Waals surface area contributed by atoms with Crippen molar-refractivity contribution in [1.82, 2.24) is 18.3 Å². The highest BCUT2D eigenvalue weighted by Gasteiger charge is 2.20. The molecule has 0 N–H and O–H groups in total. The largest absolute Gasteiger partial charge is 0.341 e. The molecular formula is C72H52N8. The molecule has 0 unspecified atom stereocenters. The number of aryl methyl sites for hydroxylation is 4. The molecule has 4 heterocycles. The van der Waals surface area contributed by atoms with Gasteiger partial charge in [0.15, 0.2) is 0 Å². The highest BCUT2D eigenvalue weighted by Crippen LogP contribution is 2.41. The third-order valence-corrected chi connectivity index (χ3v) is 16.4. The fourth-order valence-electron chi connectivity index (χ4n) is 12.8. The van der Waals surface area contributed by atoms with Crippen molar-refractivity contribution in [3.8, 4) is 68.8 Å². The second kappa shape index (κ2) is 19.7. The lowest BCUT2D eigenvalue weighted by atomic mass is 9.90. The van der Waals surface area contributed by atoms with E-state index in [0.717, 1.165) is 92.2 Å². The number of fused-ring (bicyclic) bond motifs is 12. The molecule has 80 heavy (non-hydrogen) atoms. The van der Waals surface area contributed by atoms with Crippen LogP contribution in [0.5, 0.6) is 0 Å². The van der Waals surface area contributed by atoms with Crippen molar-refractivity contribution in [2.75, 3.05) is 0 Å². The standard InChI is InChI=1S/2C36H26N4/c2*1-3-39-33-11-7-5-9-27(33)31-17-23(13-15-35(31)39)29-19-26(22-38)30(20-25(29)21-37)24-14-16-36-32(18-24)28-10-6-8-12-34(28)40(36)4-2/h2*5-20H,3-4H2,1-2H3.